The van der Waals surface area contributed by atoms with E-state index in [9.17, 15) is 30.3 Å². The Morgan fingerprint density at radius 1 is 0.900 bits per heavy atom. The first-order chi connectivity index (χ1) is 8.93. The van der Waals surface area contributed by atoms with Crippen LogP contribution in [0.2, 0.25) is 0 Å². The van der Waals surface area contributed by atoms with E-state index in [1.807, 2.05) is 0 Å². The van der Waals surface area contributed by atoms with Gasteiger partial charge in [-0.1, -0.05) is 6.58 Å². The summed E-state index contributed by atoms with van der Waals surface area (Å²) < 4.78 is 0. The van der Waals surface area contributed by atoms with E-state index in [2.05, 4.69) is 18.0 Å². The summed E-state index contributed by atoms with van der Waals surface area (Å²) in [6.45, 7) is 2.94. The summed E-state index contributed by atoms with van der Waals surface area (Å²) in [5, 5.41) is 45.5. The highest BCUT2D eigenvalue weighted by atomic mass is 16.8. The molecular formula is C5H10N7O8+. The van der Waals surface area contributed by atoms with Crippen molar-refractivity contribution in [1.29, 1.82) is 0 Å². The molecule has 0 aromatic heterocycles. The summed E-state index contributed by atoms with van der Waals surface area (Å²) >= 11 is 0. The van der Waals surface area contributed by atoms with Crippen molar-refractivity contribution < 1.29 is 30.1 Å². The largest absolute Gasteiger partial charge is 0.617 e. The number of rotatable bonds is 3. The highest BCUT2D eigenvalue weighted by molar-refractivity contribution is 5.85. The fraction of sp³-hybridized carbons (Fsp3) is 0. The molecule has 0 saturated heterocycles. The normalized spacial score (nSPS) is 8.40. The van der Waals surface area contributed by atoms with Crippen molar-refractivity contribution in [3.8, 4) is 0 Å². The Labute approximate surface area is 108 Å². The van der Waals surface area contributed by atoms with E-state index in [1.165, 1.54) is 0 Å². The molecule has 0 bridgehead atoms. The highest BCUT2D eigenvalue weighted by Crippen LogP contribution is 1.95. The summed E-state index contributed by atoms with van der Waals surface area (Å²) in [5.74, 6) is -3.35. The van der Waals surface area contributed by atoms with E-state index in [1.54, 1.807) is 0 Å². The van der Waals surface area contributed by atoms with Gasteiger partial charge in [-0.05, 0) is 0 Å². The molecule has 0 aliphatic heterocycles. The van der Waals surface area contributed by atoms with Crippen LogP contribution in [-0.4, -0.2) is 35.9 Å². The van der Waals surface area contributed by atoms with Crippen LogP contribution >= 0.6 is 0 Å². The van der Waals surface area contributed by atoms with Gasteiger partial charge in [0.05, 0.1) is 0 Å². The highest BCUT2D eigenvalue weighted by Gasteiger charge is 2.31. The minimum Gasteiger partial charge on any atom is -0.388 e. The van der Waals surface area contributed by atoms with Gasteiger partial charge in [0, 0.05) is 0 Å². The van der Waals surface area contributed by atoms with E-state index < -0.39 is 42.8 Å². The molecule has 0 aromatic carbocycles. The number of hydrogen-bond acceptors (Lipinski definition) is 11. The third kappa shape index (κ3) is 6.18. The van der Waals surface area contributed by atoms with E-state index in [-0.39, 0.29) is 0 Å². The van der Waals surface area contributed by atoms with Crippen molar-refractivity contribution >= 4 is 5.84 Å². The first-order valence-electron chi connectivity index (χ1n) is 4.11. The minimum atomic E-state index is -1.39. The Balaban J connectivity index is 0. The van der Waals surface area contributed by atoms with Crippen LogP contribution in [0, 0.1) is 30.3 Å². The standard InChI is InChI=1S/C3H6N3O4.C2H4N4O4/c1-2(4)3(5(7)8)6(9)10;3-1(4)2(5(7)8)6(9)10/h7-8H,1,4H2;3-4H2/q+1;. The van der Waals surface area contributed by atoms with Gasteiger partial charge >= 0.3 is 11.7 Å². The maximum absolute atomic E-state index is 9.85. The topological polar surface area (TPSA) is 251 Å². The van der Waals surface area contributed by atoms with Crippen LogP contribution in [0.5, 0.6) is 0 Å². The molecule has 112 valence electrons. The Morgan fingerprint density at radius 3 is 1.25 bits per heavy atom. The van der Waals surface area contributed by atoms with Crippen LogP contribution in [0.25, 0.3) is 0 Å². The average molecular weight is 296 g/mol. The molecule has 15 heteroatoms. The second kappa shape index (κ2) is 7.63. The molecule has 0 amide bonds. The number of nitrogens with zero attached hydrogens (tertiary/aromatic N) is 4. The van der Waals surface area contributed by atoms with Gasteiger partial charge in [0.25, 0.3) is 10.7 Å². The Kier molecular flexibility index (Phi) is 7.14. The zero-order valence-corrected chi connectivity index (χ0v) is 9.57. The van der Waals surface area contributed by atoms with Crippen molar-refractivity contribution in [1.82, 2.24) is 0 Å². The molecule has 0 aromatic rings. The van der Waals surface area contributed by atoms with Crippen molar-refractivity contribution in [3.63, 3.8) is 0 Å². The molecule has 0 spiro atoms. The van der Waals surface area contributed by atoms with Crippen LogP contribution in [0.15, 0.2) is 23.9 Å². The number of amidine groups is 1. The zero-order chi connectivity index (χ0) is 16.6. The lowest BCUT2D eigenvalue weighted by Gasteiger charge is -1.87. The van der Waals surface area contributed by atoms with Gasteiger partial charge in [-0.2, -0.15) is 0 Å². The molecular weight excluding hydrogens is 286 g/mol. The molecule has 0 atom stereocenters. The number of nitrogens with two attached hydrogens (primary N) is 3. The Bertz CT molecular complexity index is 421. The first kappa shape index (κ1) is 18.7. The predicted molar refractivity (Wildman–Crippen MR) is 58.6 cm³/mol. The third-order valence-corrected chi connectivity index (χ3v) is 1.25. The van der Waals surface area contributed by atoms with Crippen LogP contribution in [0.1, 0.15) is 0 Å². The third-order valence-electron chi connectivity index (χ3n) is 1.25. The first-order valence-corrected chi connectivity index (χ1v) is 4.11. The van der Waals surface area contributed by atoms with E-state index >= 15 is 0 Å². The van der Waals surface area contributed by atoms with Gasteiger partial charge in [0.15, 0.2) is 5.70 Å². The summed E-state index contributed by atoms with van der Waals surface area (Å²) in [5.41, 5.74) is 13.5. The average Bonchev–Trinajstić information content (AvgIpc) is 2.12. The molecule has 0 aliphatic carbocycles. The molecule has 0 aliphatic rings. The lowest BCUT2D eigenvalue weighted by molar-refractivity contribution is -0.965. The van der Waals surface area contributed by atoms with Gasteiger partial charge in [-0.3, -0.25) is 30.3 Å². The van der Waals surface area contributed by atoms with E-state index in [4.69, 9.17) is 16.1 Å². The quantitative estimate of drug-likeness (QED) is 0.119. The predicted octanol–water partition coefficient (Wildman–Crippen LogP) is -2.49. The molecule has 8 N–H and O–H groups in total. The smallest absolute Gasteiger partial charge is 0.388 e. The van der Waals surface area contributed by atoms with Gasteiger partial charge in [0.2, 0.25) is 0 Å². The van der Waals surface area contributed by atoms with Crippen molar-refractivity contribution in [2.24, 2.45) is 17.2 Å². The van der Waals surface area contributed by atoms with Gasteiger partial charge in [-0.15, -0.1) is 0 Å². The Hall–Kier alpha value is -3.65. The van der Waals surface area contributed by atoms with E-state index in [0.29, 0.717) is 0 Å². The molecule has 0 unspecified atom stereocenters. The van der Waals surface area contributed by atoms with Crippen LogP contribution in [-0.2, 0) is 0 Å². The molecule has 15 nitrogen and oxygen atoms in total. The summed E-state index contributed by atoms with van der Waals surface area (Å²) in [4.78, 5) is 25.0. The summed E-state index contributed by atoms with van der Waals surface area (Å²) in [7, 11) is 0. The molecule has 20 heavy (non-hydrogen) atoms. The van der Waals surface area contributed by atoms with Crippen LogP contribution < -0.4 is 17.2 Å². The molecule has 0 heterocycles. The lowest BCUT2D eigenvalue weighted by atomic mass is 10.5. The summed E-state index contributed by atoms with van der Waals surface area (Å²) in [6, 6.07) is 0. The molecule has 0 fully saturated rings. The number of nitro groups is 3. The van der Waals surface area contributed by atoms with Gasteiger partial charge in [0.1, 0.15) is 14.8 Å². The minimum absolute atomic E-state index is 0.532. The van der Waals surface area contributed by atoms with Crippen LogP contribution in [0.4, 0.5) is 0 Å². The lowest BCUT2D eigenvalue weighted by Crippen LogP contribution is -2.28. The maximum atomic E-state index is 9.85. The summed E-state index contributed by atoms with van der Waals surface area (Å²) in [6.07, 6.45) is 0. The van der Waals surface area contributed by atoms with Crippen molar-refractivity contribution in [3.05, 3.63) is 54.3 Å². The molecule has 0 rings (SSSR count). The Morgan fingerprint density at radius 2 is 1.25 bits per heavy atom. The van der Waals surface area contributed by atoms with E-state index in [0.717, 1.165) is 0 Å². The van der Waals surface area contributed by atoms with Crippen molar-refractivity contribution in [2.75, 3.05) is 0 Å². The zero-order valence-electron chi connectivity index (χ0n) is 9.57. The fourth-order valence-electron chi connectivity index (χ4n) is 0.596. The molecule has 0 saturated carbocycles. The molecule has 0 radical (unpaired) electrons. The fourth-order valence-corrected chi connectivity index (χ4v) is 0.596. The van der Waals surface area contributed by atoms with Crippen LogP contribution in [0.3, 0.4) is 0 Å². The van der Waals surface area contributed by atoms with Crippen molar-refractivity contribution in [2.45, 2.75) is 0 Å². The van der Waals surface area contributed by atoms with Gasteiger partial charge in [-0.25, -0.2) is 10.4 Å². The SMILES string of the molecule is C=C(N)C([N+](=O)[O-])=[N+](O)O.NC(N)=C([N+](=O)[O-])[N+](=O)[O-]. The second-order valence-electron chi connectivity index (χ2n) is 2.69. The number of hydrogen-bond donors (Lipinski definition) is 5. The van der Waals surface area contributed by atoms with Gasteiger partial charge < -0.3 is 17.2 Å². The monoisotopic (exact) mass is 296 g/mol. The second-order valence-corrected chi connectivity index (χ2v) is 2.69. The maximum Gasteiger partial charge on any atom is 0.617 e.